The highest BCUT2D eigenvalue weighted by atomic mass is 32.2. The molecule has 0 aliphatic rings. The number of pyridine rings is 1. The fraction of sp³-hybridized carbons (Fsp3) is 0.0417. The van der Waals surface area contributed by atoms with Gasteiger partial charge in [0.1, 0.15) is 23.3 Å². The van der Waals surface area contributed by atoms with E-state index in [4.69, 9.17) is 5.26 Å². The maximum absolute atomic E-state index is 13.4. The molecule has 216 valence electrons. The second-order valence-electron chi connectivity index (χ2n) is 8.37. The van der Waals surface area contributed by atoms with Gasteiger partial charge < -0.3 is 5.11 Å². The van der Waals surface area contributed by atoms with Crippen molar-refractivity contribution in [1.82, 2.24) is 19.3 Å². The Labute approximate surface area is 248 Å². The van der Waals surface area contributed by atoms with Crippen molar-refractivity contribution < 1.29 is 32.7 Å². The van der Waals surface area contributed by atoms with Crippen LogP contribution in [0.5, 0.6) is 5.88 Å². The van der Waals surface area contributed by atoms with Crippen LogP contribution in [0.1, 0.15) is 16.7 Å². The summed E-state index contributed by atoms with van der Waals surface area (Å²) < 4.78 is 39.2. The van der Waals surface area contributed by atoms with Crippen LogP contribution in [-0.4, -0.2) is 42.7 Å². The van der Waals surface area contributed by atoms with E-state index in [2.05, 4.69) is 29.7 Å². The minimum Gasteiger partial charge on any atom is -0.493 e. The number of hydrogen-bond donors (Lipinski definition) is 3. The average Bonchev–Trinajstić information content (AvgIpc) is 3.59. The van der Waals surface area contributed by atoms with Gasteiger partial charge in [-0.05, 0) is 49.4 Å². The number of fused-ring (bicyclic) bond motifs is 1. The summed E-state index contributed by atoms with van der Waals surface area (Å²) in [4.78, 5) is 18.0. The number of hydrogen-bond acceptors (Lipinski definition) is 15. The fourth-order valence-corrected chi connectivity index (χ4v) is 5.71. The molecule has 0 fully saturated rings. The lowest BCUT2D eigenvalue weighted by atomic mass is 10.1. The van der Waals surface area contributed by atoms with Crippen LogP contribution < -0.4 is 5.56 Å². The predicted octanol–water partition coefficient (Wildman–Crippen LogP) is 4.48. The summed E-state index contributed by atoms with van der Waals surface area (Å²) in [5.74, 6) is -0.890. The highest BCUT2D eigenvalue weighted by molar-refractivity contribution is 7.94. The monoisotopic (exact) mass is 638 g/mol. The molecule has 19 heteroatoms. The van der Waals surface area contributed by atoms with E-state index in [0.717, 1.165) is 45.6 Å². The van der Waals surface area contributed by atoms with Crippen molar-refractivity contribution in [2.24, 2.45) is 10.2 Å². The van der Waals surface area contributed by atoms with Crippen LogP contribution in [0, 0.1) is 29.6 Å². The summed E-state index contributed by atoms with van der Waals surface area (Å²) in [6, 6.07) is 13.2. The van der Waals surface area contributed by atoms with Crippen LogP contribution >= 0.6 is 23.4 Å². The molecule has 3 aromatic heterocycles. The largest absolute Gasteiger partial charge is 0.493 e. The molecule has 0 saturated heterocycles. The van der Waals surface area contributed by atoms with Crippen molar-refractivity contribution in [2.45, 2.75) is 16.7 Å². The first kappa shape index (κ1) is 29.5. The lowest BCUT2D eigenvalue weighted by Gasteiger charge is -2.13. The van der Waals surface area contributed by atoms with Crippen molar-refractivity contribution in [1.29, 1.82) is 10.5 Å². The van der Waals surface area contributed by atoms with Crippen molar-refractivity contribution in [2.75, 3.05) is 0 Å². The van der Waals surface area contributed by atoms with Gasteiger partial charge in [0.2, 0.25) is 16.8 Å². The molecule has 2 aromatic carbocycles. The number of nitriles is 2. The minimum absolute atomic E-state index is 0.00655. The Balaban J connectivity index is 1.55. The van der Waals surface area contributed by atoms with Crippen molar-refractivity contribution in [3.8, 4) is 28.8 Å². The number of aromatic hydroxyl groups is 1. The zero-order valence-corrected chi connectivity index (χ0v) is 23.8. The minimum atomic E-state index is -4.52. The van der Waals surface area contributed by atoms with Crippen LogP contribution in [0.2, 0.25) is 0 Å². The first-order valence-corrected chi connectivity index (χ1v) is 14.5. The van der Waals surface area contributed by atoms with Gasteiger partial charge in [0.05, 0.1) is 39.0 Å². The van der Waals surface area contributed by atoms with Gasteiger partial charge in [0, 0.05) is 10.5 Å². The van der Waals surface area contributed by atoms with Gasteiger partial charge in [-0.25, -0.2) is 19.5 Å². The van der Waals surface area contributed by atoms with Gasteiger partial charge in [-0.3, -0.25) is 9.35 Å². The number of thiazole rings is 1. The van der Waals surface area contributed by atoms with Crippen LogP contribution in [-0.2, 0) is 19.5 Å². The van der Waals surface area contributed by atoms with E-state index in [9.17, 15) is 33.4 Å². The number of nitrogens with zero attached hydrogens (tertiary/aromatic N) is 8. The molecule has 0 aliphatic carbocycles. The Morgan fingerprint density at radius 3 is 2.51 bits per heavy atom. The zero-order valence-electron chi connectivity index (χ0n) is 21.3. The Kier molecular flexibility index (Phi) is 8.04. The lowest BCUT2D eigenvalue weighted by Crippen LogP contribution is -2.20. The van der Waals surface area contributed by atoms with Gasteiger partial charge >= 0.3 is 0 Å². The van der Waals surface area contributed by atoms with E-state index in [-0.39, 0.29) is 33.9 Å². The molecule has 0 amide bonds. The number of rotatable bonds is 8. The third kappa shape index (κ3) is 5.73. The molecule has 5 aromatic rings. The summed E-state index contributed by atoms with van der Waals surface area (Å²) in [5.41, 5.74) is -1.00. The van der Waals surface area contributed by atoms with Crippen LogP contribution in [0.4, 0.5) is 11.5 Å². The van der Waals surface area contributed by atoms with Gasteiger partial charge in [0.15, 0.2) is 5.69 Å². The molecule has 0 aliphatic heterocycles. The molecule has 0 unspecified atom stereocenters. The molecular formula is C24H14N8O8S3. The molecule has 16 nitrogen and oxygen atoms in total. The van der Waals surface area contributed by atoms with E-state index >= 15 is 0 Å². The number of benzene rings is 2. The highest BCUT2D eigenvalue weighted by Gasteiger charge is 2.22. The van der Waals surface area contributed by atoms with Crippen molar-refractivity contribution in [3.63, 3.8) is 0 Å². The predicted molar refractivity (Wildman–Crippen MR) is 149 cm³/mol. The zero-order chi connectivity index (χ0) is 30.9. The fourth-order valence-electron chi connectivity index (χ4n) is 3.83. The van der Waals surface area contributed by atoms with Crippen LogP contribution in [0.15, 0.2) is 73.5 Å². The molecule has 3 heterocycles. The second-order valence-corrected chi connectivity index (χ2v) is 11.6. The lowest BCUT2D eigenvalue weighted by molar-refractivity contribution is -0.432. The first-order chi connectivity index (χ1) is 20.5. The summed E-state index contributed by atoms with van der Waals surface area (Å²) in [5, 5.41) is 54.5. The molecule has 0 bridgehead atoms. The molecular weight excluding hydrogens is 625 g/mol. The molecule has 0 atom stereocenters. The molecule has 0 saturated carbocycles. The van der Waals surface area contributed by atoms with E-state index < -0.39 is 26.5 Å². The molecule has 43 heavy (non-hydrogen) atoms. The molecule has 0 spiro atoms. The Morgan fingerprint density at radius 2 is 1.86 bits per heavy atom. The maximum atomic E-state index is 13.4. The summed E-state index contributed by atoms with van der Waals surface area (Å²) in [6.45, 7) is 1.37. The van der Waals surface area contributed by atoms with Gasteiger partial charge in [-0.15, -0.1) is 19.7 Å². The Morgan fingerprint density at radius 1 is 1.12 bits per heavy atom. The van der Waals surface area contributed by atoms with E-state index in [0.29, 0.717) is 15.5 Å². The maximum Gasteiger partial charge on any atom is 0.294 e. The smallest absolute Gasteiger partial charge is 0.294 e. The van der Waals surface area contributed by atoms with Gasteiger partial charge in [0.25, 0.3) is 15.7 Å². The van der Waals surface area contributed by atoms with Crippen molar-refractivity contribution >= 4 is 55.2 Å². The summed E-state index contributed by atoms with van der Waals surface area (Å²) in [6.07, 6.45) is 1.36. The summed E-state index contributed by atoms with van der Waals surface area (Å²) in [7, 11) is -4.52. The normalized spacial score (nSPS) is 11.7. The van der Waals surface area contributed by atoms with Crippen LogP contribution in [0.3, 0.4) is 0 Å². The van der Waals surface area contributed by atoms with E-state index in [1.165, 1.54) is 29.1 Å². The third-order valence-corrected chi connectivity index (χ3v) is 8.29. The second kappa shape index (κ2) is 11.7. The number of aromatic nitrogens is 4. The third-order valence-electron chi connectivity index (χ3n) is 5.84. The van der Waals surface area contributed by atoms with Crippen molar-refractivity contribution in [3.05, 3.63) is 75.7 Å². The summed E-state index contributed by atoms with van der Waals surface area (Å²) >= 11 is 2.00. The molecule has 0 radical (unpaired) electrons. The molecule has 5 rings (SSSR count). The Bertz CT molecular complexity index is 2180. The SMILES string of the molecule is Cc1c(C#N)c(O)n(-c2ccc(S(=O)(=O)O)cc2)c(=O)c1N=Nc1nn(-c2nc3ccc(SOOO)cc3s2)cc1C#N. The quantitative estimate of drug-likeness (QED) is 0.0699. The topological polar surface area (TPSA) is 238 Å². The highest BCUT2D eigenvalue weighted by Crippen LogP contribution is 2.32. The van der Waals surface area contributed by atoms with E-state index in [1.807, 2.05) is 6.07 Å². The Hall–Kier alpha value is -4.99. The number of azo groups is 1. The first-order valence-electron chi connectivity index (χ1n) is 11.5. The van der Waals surface area contributed by atoms with Gasteiger partial charge in [-0.1, -0.05) is 16.4 Å². The van der Waals surface area contributed by atoms with Gasteiger partial charge in [-0.2, -0.15) is 18.9 Å². The standard InChI is InChI=1S/C24H14N8O8S3/c1-12-17(10-26)22(33)32(14-2-5-16(6-3-14)43(36,37)38)23(34)20(12)28-29-21-13(9-25)11-31(30-21)24-27-18-7-4-15(42-40-39-35)8-19(18)41-24/h2-8,11,33,35H,1H3,(H,36,37,38). The van der Waals surface area contributed by atoms with Crippen LogP contribution in [0.25, 0.3) is 21.0 Å². The molecule has 3 N–H and O–H groups in total. The average molecular weight is 639 g/mol. The van der Waals surface area contributed by atoms with E-state index in [1.54, 1.807) is 24.3 Å².